The first-order chi connectivity index (χ1) is 8.43. The van der Waals surface area contributed by atoms with E-state index in [0.29, 0.717) is 19.8 Å². The van der Waals surface area contributed by atoms with Gasteiger partial charge >= 0.3 is 0 Å². The maximum absolute atomic E-state index is 13.0. The number of halogens is 2. The van der Waals surface area contributed by atoms with E-state index in [0.717, 1.165) is 12.1 Å². The molecule has 1 aromatic carbocycles. The summed E-state index contributed by atoms with van der Waals surface area (Å²) in [4.78, 5) is 0.0812. The predicted molar refractivity (Wildman–Crippen MR) is 68.3 cm³/mol. The average Bonchev–Trinajstić information content (AvgIpc) is 2.28. The van der Waals surface area contributed by atoms with Crippen molar-refractivity contribution in [3.63, 3.8) is 0 Å². The molecule has 4 nitrogen and oxygen atoms in total. The molecule has 0 unspecified atom stereocenters. The fraction of sp³-hybridized carbons (Fsp3) is 0.455. The van der Waals surface area contributed by atoms with Crippen LogP contribution < -0.4 is 0 Å². The van der Waals surface area contributed by atoms with E-state index in [1.54, 1.807) is 6.92 Å². The Morgan fingerprint density at radius 2 is 2.22 bits per heavy atom. The van der Waals surface area contributed by atoms with Gasteiger partial charge in [-0.05, 0) is 41.1 Å². The third-order valence-corrected chi connectivity index (χ3v) is 5.78. The summed E-state index contributed by atoms with van der Waals surface area (Å²) in [6.07, 6.45) is 0. The van der Waals surface area contributed by atoms with Gasteiger partial charge in [-0.3, -0.25) is 0 Å². The molecule has 0 N–H and O–H groups in total. The molecule has 0 spiro atoms. The molecule has 1 atom stereocenters. The van der Waals surface area contributed by atoms with E-state index in [4.69, 9.17) is 4.74 Å². The van der Waals surface area contributed by atoms with Crippen LogP contribution in [-0.4, -0.2) is 38.5 Å². The van der Waals surface area contributed by atoms with E-state index < -0.39 is 15.8 Å². The Hall–Kier alpha value is -0.500. The number of morpholine rings is 1. The lowest BCUT2D eigenvalue weighted by molar-refractivity contribution is 0.0392. The van der Waals surface area contributed by atoms with Crippen LogP contribution in [0.25, 0.3) is 0 Å². The molecule has 1 fully saturated rings. The summed E-state index contributed by atoms with van der Waals surface area (Å²) in [5.41, 5.74) is 0. The van der Waals surface area contributed by atoms with Gasteiger partial charge in [-0.2, -0.15) is 4.31 Å². The fourth-order valence-corrected chi connectivity index (χ4v) is 4.49. The molecule has 1 aliphatic rings. The molecule has 0 aliphatic carbocycles. The lowest BCUT2D eigenvalue weighted by atomic mass is 10.3. The minimum atomic E-state index is -3.62. The predicted octanol–water partition coefficient (Wildman–Crippen LogP) is 2.00. The van der Waals surface area contributed by atoms with Crippen LogP contribution in [0.4, 0.5) is 4.39 Å². The SMILES string of the molecule is C[C@@H]1COCCN1S(=O)(=O)c1ccc(F)cc1Br. The molecule has 2 rings (SSSR count). The number of ether oxygens (including phenoxy) is 1. The van der Waals surface area contributed by atoms with Gasteiger partial charge in [-0.25, -0.2) is 12.8 Å². The van der Waals surface area contributed by atoms with Gasteiger partial charge < -0.3 is 4.74 Å². The number of sulfonamides is 1. The molecule has 1 heterocycles. The summed E-state index contributed by atoms with van der Waals surface area (Å²) in [5.74, 6) is -0.476. The first-order valence-electron chi connectivity index (χ1n) is 5.47. The Morgan fingerprint density at radius 1 is 1.50 bits per heavy atom. The van der Waals surface area contributed by atoms with Crippen LogP contribution in [0.15, 0.2) is 27.6 Å². The van der Waals surface area contributed by atoms with Crippen LogP contribution in [0.1, 0.15) is 6.92 Å². The van der Waals surface area contributed by atoms with Crippen LogP contribution in [0, 0.1) is 5.82 Å². The molecule has 0 saturated carbocycles. The molecule has 7 heteroatoms. The third-order valence-electron chi connectivity index (χ3n) is 2.79. The van der Waals surface area contributed by atoms with Crippen molar-refractivity contribution < 1.29 is 17.5 Å². The molecule has 0 amide bonds. The highest BCUT2D eigenvalue weighted by Crippen LogP contribution is 2.27. The van der Waals surface area contributed by atoms with Crippen LogP contribution >= 0.6 is 15.9 Å². The number of hydrogen-bond acceptors (Lipinski definition) is 3. The van der Waals surface area contributed by atoms with E-state index in [2.05, 4.69) is 15.9 Å². The van der Waals surface area contributed by atoms with Crippen LogP contribution in [0.2, 0.25) is 0 Å². The summed E-state index contributed by atoms with van der Waals surface area (Å²) in [6.45, 7) is 2.85. The summed E-state index contributed by atoms with van der Waals surface area (Å²) in [6, 6.07) is 3.35. The second kappa shape index (κ2) is 5.24. The zero-order chi connectivity index (χ0) is 13.3. The van der Waals surface area contributed by atoms with Crippen molar-refractivity contribution in [3.8, 4) is 0 Å². The maximum atomic E-state index is 13.0. The van der Waals surface area contributed by atoms with Crippen molar-refractivity contribution in [1.82, 2.24) is 4.31 Å². The van der Waals surface area contributed by atoms with Gasteiger partial charge in [0.1, 0.15) is 5.82 Å². The smallest absolute Gasteiger partial charge is 0.244 e. The number of nitrogens with zero attached hydrogens (tertiary/aromatic N) is 1. The molecule has 1 saturated heterocycles. The molecular formula is C11H13BrFNO3S. The second-order valence-corrected chi connectivity index (χ2v) is 6.83. The van der Waals surface area contributed by atoms with Gasteiger partial charge in [0, 0.05) is 17.1 Å². The molecule has 0 bridgehead atoms. The molecule has 18 heavy (non-hydrogen) atoms. The quantitative estimate of drug-likeness (QED) is 0.829. The monoisotopic (exact) mass is 337 g/mol. The van der Waals surface area contributed by atoms with Crippen molar-refractivity contribution in [3.05, 3.63) is 28.5 Å². The van der Waals surface area contributed by atoms with E-state index in [1.807, 2.05) is 0 Å². The van der Waals surface area contributed by atoms with Gasteiger partial charge in [-0.15, -0.1) is 0 Å². The van der Waals surface area contributed by atoms with Gasteiger partial charge in [0.2, 0.25) is 10.0 Å². The topological polar surface area (TPSA) is 46.6 Å². The van der Waals surface area contributed by atoms with Crippen LogP contribution in [0.3, 0.4) is 0 Å². The highest BCUT2D eigenvalue weighted by molar-refractivity contribution is 9.10. The number of rotatable bonds is 2. The fourth-order valence-electron chi connectivity index (χ4n) is 1.88. The van der Waals surface area contributed by atoms with Crippen molar-refractivity contribution in [2.45, 2.75) is 17.9 Å². The van der Waals surface area contributed by atoms with Gasteiger partial charge in [-0.1, -0.05) is 0 Å². The molecule has 100 valence electrons. The van der Waals surface area contributed by atoms with E-state index >= 15 is 0 Å². The van der Waals surface area contributed by atoms with Crippen molar-refractivity contribution in [1.29, 1.82) is 0 Å². The Morgan fingerprint density at radius 3 is 2.83 bits per heavy atom. The maximum Gasteiger partial charge on any atom is 0.244 e. The standard InChI is InChI=1S/C11H13BrFNO3S/c1-8-7-17-5-4-14(8)18(15,16)11-3-2-9(13)6-10(11)12/h2-3,6,8H,4-5,7H2,1H3/t8-/m1/s1. The van der Waals surface area contributed by atoms with Gasteiger partial charge in [0.25, 0.3) is 0 Å². The molecule has 1 aromatic rings. The first-order valence-corrected chi connectivity index (χ1v) is 7.71. The zero-order valence-electron chi connectivity index (χ0n) is 9.77. The number of benzene rings is 1. The summed E-state index contributed by atoms with van der Waals surface area (Å²) >= 11 is 3.09. The Labute approximate surface area is 114 Å². The summed E-state index contributed by atoms with van der Waals surface area (Å²) < 4.78 is 44.7. The first kappa shape index (κ1) is 13.9. The summed E-state index contributed by atoms with van der Waals surface area (Å²) in [5, 5.41) is 0. The molecule has 0 radical (unpaired) electrons. The normalized spacial score (nSPS) is 22.1. The molecular weight excluding hydrogens is 325 g/mol. The largest absolute Gasteiger partial charge is 0.378 e. The van der Waals surface area contributed by atoms with E-state index in [1.165, 1.54) is 10.4 Å². The van der Waals surface area contributed by atoms with Crippen molar-refractivity contribution in [2.75, 3.05) is 19.8 Å². The Balaban J connectivity index is 2.41. The lowest BCUT2D eigenvalue weighted by Gasteiger charge is -2.32. The third kappa shape index (κ3) is 2.59. The van der Waals surface area contributed by atoms with E-state index in [9.17, 15) is 12.8 Å². The summed E-state index contributed by atoms with van der Waals surface area (Å²) in [7, 11) is -3.62. The van der Waals surface area contributed by atoms with Crippen LogP contribution in [0.5, 0.6) is 0 Å². The van der Waals surface area contributed by atoms with Gasteiger partial charge in [0.05, 0.1) is 18.1 Å². The Kier molecular flexibility index (Phi) is 4.05. The minimum absolute atomic E-state index is 0.0812. The minimum Gasteiger partial charge on any atom is -0.378 e. The molecule has 0 aromatic heterocycles. The van der Waals surface area contributed by atoms with Crippen LogP contribution in [-0.2, 0) is 14.8 Å². The van der Waals surface area contributed by atoms with Crippen molar-refractivity contribution >= 4 is 26.0 Å². The molecule has 1 aliphatic heterocycles. The van der Waals surface area contributed by atoms with Crippen molar-refractivity contribution in [2.24, 2.45) is 0 Å². The highest BCUT2D eigenvalue weighted by atomic mass is 79.9. The van der Waals surface area contributed by atoms with Gasteiger partial charge in [0.15, 0.2) is 0 Å². The lowest BCUT2D eigenvalue weighted by Crippen LogP contribution is -2.47. The Bertz CT molecular complexity index is 549. The average molecular weight is 338 g/mol. The van der Waals surface area contributed by atoms with E-state index in [-0.39, 0.29) is 15.4 Å². The second-order valence-electron chi connectivity index (χ2n) is 4.11. The number of hydrogen-bond donors (Lipinski definition) is 0. The zero-order valence-corrected chi connectivity index (χ0v) is 12.2. The highest BCUT2D eigenvalue weighted by Gasteiger charge is 2.32.